The summed E-state index contributed by atoms with van der Waals surface area (Å²) >= 11 is 0. The van der Waals surface area contributed by atoms with Crippen molar-refractivity contribution in [2.45, 2.75) is 56.5 Å². The molecule has 0 saturated heterocycles. The van der Waals surface area contributed by atoms with Gasteiger partial charge in [0.1, 0.15) is 5.82 Å². The lowest BCUT2D eigenvalue weighted by atomic mass is 9.79. The molecule has 3 heteroatoms. The fourth-order valence-electron chi connectivity index (χ4n) is 3.58. The predicted octanol–water partition coefficient (Wildman–Crippen LogP) is 3.35. The molecular weight excluding hydrogens is 251 g/mol. The monoisotopic (exact) mass is 278 g/mol. The van der Waals surface area contributed by atoms with E-state index >= 15 is 0 Å². The van der Waals surface area contributed by atoms with E-state index in [9.17, 15) is 4.39 Å². The summed E-state index contributed by atoms with van der Waals surface area (Å²) in [5.74, 6) is -0.134. The van der Waals surface area contributed by atoms with Gasteiger partial charge in [0.25, 0.3) is 0 Å². The summed E-state index contributed by atoms with van der Waals surface area (Å²) in [7, 11) is 4.24. The molecule has 1 aliphatic carbocycles. The van der Waals surface area contributed by atoms with E-state index in [1.54, 1.807) is 6.07 Å². The fraction of sp³-hybridized carbons (Fsp3) is 0.647. The topological polar surface area (TPSA) is 29.3 Å². The van der Waals surface area contributed by atoms with E-state index in [1.165, 1.54) is 31.7 Å². The standard InChI is InChI=1S/C17H27FN2/c1-20(2)17(11-7-3-4-8-12-17)16(19)13-14-9-5-6-10-15(14)18/h5-6,9-10,16H,3-4,7-8,11-13,19H2,1-2H3. The van der Waals surface area contributed by atoms with E-state index in [2.05, 4.69) is 19.0 Å². The van der Waals surface area contributed by atoms with Crippen LogP contribution in [0.1, 0.15) is 44.1 Å². The van der Waals surface area contributed by atoms with Gasteiger partial charge in [0, 0.05) is 11.6 Å². The second-order valence-corrected chi connectivity index (χ2v) is 6.31. The minimum Gasteiger partial charge on any atom is -0.326 e. The van der Waals surface area contributed by atoms with Gasteiger partial charge in [0.05, 0.1) is 0 Å². The van der Waals surface area contributed by atoms with E-state index in [1.807, 2.05) is 12.1 Å². The lowest BCUT2D eigenvalue weighted by molar-refractivity contribution is 0.0964. The van der Waals surface area contributed by atoms with Crippen molar-refractivity contribution in [2.75, 3.05) is 14.1 Å². The van der Waals surface area contributed by atoms with Crippen LogP contribution in [-0.4, -0.2) is 30.6 Å². The Morgan fingerprint density at radius 2 is 1.75 bits per heavy atom. The van der Waals surface area contributed by atoms with Gasteiger partial charge < -0.3 is 10.6 Å². The van der Waals surface area contributed by atoms with Crippen molar-refractivity contribution < 1.29 is 4.39 Å². The number of halogens is 1. The number of hydrogen-bond acceptors (Lipinski definition) is 2. The molecule has 1 fully saturated rings. The average Bonchev–Trinajstić information content (AvgIpc) is 2.68. The van der Waals surface area contributed by atoms with Crippen LogP contribution in [0.2, 0.25) is 0 Å². The van der Waals surface area contributed by atoms with Gasteiger partial charge >= 0.3 is 0 Å². The number of likely N-dealkylation sites (N-methyl/N-ethyl adjacent to an activating group) is 1. The van der Waals surface area contributed by atoms with Crippen molar-refractivity contribution in [3.63, 3.8) is 0 Å². The third-order valence-electron chi connectivity index (χ3n) is 4.95. The highest BCUT2D eigenvalue weighted by molar-refractivity contribution is 5.20. The zero-order chi connectivity index (χ0) is 14.6. The van der Waals surface area contributed by atoms with Crippen molar-refractivity contribution in [3.8, 4) is 0 Å². The van der Waals surface area contributed by atoms with E-state index in [0.717, 1.165) is 18.4 Å². The van der Waals surface area contributed by atoms with Crippen molar-refractivity contribution in [1.82, 2.24) is 4.90 Å². The minimum absolute atomic E-state index is 0.0127. The quantitative estimate of drug-likeness (QED) is 0.856. The molecular formula is C17H27FN2. The predicted molar refractivity (Wildman–Crippen MR) is 82.2 cm³/mol. The molecule has 1 atom stereocenters. The van der Waals surface area contributed by atoms with Crippen molar-refractivity contribution >= 4 is 0 Å². The number of rotatable bonds is 4. The Balaban J connectivity index is 2.18. The Morgan fingerprint density at radius 1 is 1.15 bits per heavy atom. The largest absolute Gasteiger partial charge is 0.326 e. The van der Waals surface area contributed by atoms with E-state index in [0.29, 0.717) is 6.42 Å². The van der Waals surface area contributed by atoms with Crippen molar-refractivity contribution in [2.24, 2.45) is 5.73 Å². The van der Waals surface area contributed by atoms with Crippen LogP contribution in [0.4, 0.5) is 4.39 Å². The van der Waals surface area contributed by atoms with Crippen LogP contribution in [0.15, 0.2) is 24.3 Å². The van der Waals surface area contributed by atoms with Crippen LogP contribution >= 0.6 is 0 Å². The molecule has 1 aliphatic rings. The van der Waals surface area contributed by atoms with Gasteiger partial charge in [0.15, 0.2) is 0 Å². The zero-order valence-electron chi connectivity index (χ0n) is 12.7. The number of hydrogen-bond donors (Lipinski definition) is 1. The molecule has 0 amide bonds. The van der Waals surface area contributed by atoms with Gasteiger partial charge in [-0.05, 0) is 45.0 Å². The molecule has 2 N–H and O–H groups in total. The van der Waals surface area contributed by atoms with Crippen LogP contribution in [0, 0.1) is 5.82 Å². The Morgan fingerprint density at radius 3 is 2.30 bits per heavy atom. The second kappa shape index (κ2) is 6.68. The molecule has 0 aliphatic heterocycles. The number of benzene rings is 1. The van der Waals surface area contributed by atoms with Crippen LogP contribution in [0.25, 0.3) is 0 Å². The highest BCUT2D eigenvalue weighted by atomic mass is 19.1. The summed E-state index contributed by atoms with van der Waals surface area (Å²) in [5.41, 5.74) is 7.30. The molecule has 1 aromatic rings. The lowest BCUT2D eigenvalue weighted by Crippen LogP contribution is -2.58. The van der Waals surface area contributed by atoms with Crippen LogP contribution in [0.3, 0.4) is 0 Å². The highest BCUT2D eigenvalue weighted by Crippen LogP contribution is 2.34. The minimum atomic E-state index is -0.134. The molecule has 1 aromatic carbocycles. The summed E-state index contributed by atoms with van der Waals surface area (Å²) < 4.78 is 13.9. The first-order valence-corrected chi connectivity index (χ1v) is 7.73. The fourth-order valence-corrected chi connectivity index (χ4v) is 3.58. The summed E-state index contributed by atoms with van der Waals surface area (Å²) in [6, 6.07) is 6.98. The van der Waals surface area contributed by atoms with Gasteiger partial charge in [-0.3, -0.25) is 0 Å². The van der Waals surface area contributed by atoms with Gasteiger partial charge in [-0.25, -0.2) is 4.39 Å². The summed E-state index contributed by atoms with van der Waals surface area (Å²) in [4.78, 5) is 2.28. The molecule has 0 radical (unpaired) electrons. The first kappa shape index (κ1) is 15.5. The lowest BCUT2D eigenvalue weighted by Gasteiger charge is -2.44. The normalized spacial score (nSPS) is 20.6. The average molecular weight is 278 g/mol. The van der Waals surface area contributed by atoms with Gasteiger partial charge in [-0.1, -0.05) is 43.9 Å². The van der Waals surface area contributed by atoms with Crippen LogP contribution in [0.5, 0.6) is 0 Å². The molecule has 2 nitrogen and oxygen atoms in total. The molecule has 0 heterocycles. The van der Waals surface area contributed by atoms with E-state index in [-0.39, 0.29) is 17.4 Å². The van der Waals surface area contributed by atoms with Crippen molar-refractivity contribution in [1.29, 1.82) is 0 Å². The van der Waals surface area contributed by atoms with E-state index < -0.39 is 0 Å². The molecule has 1 unspecified atom stereocenters. The van der Waals surface area contributed by atoms with Gasteiger partial charge in [0.2, 0.25) is 0 Å². The summed E-state index contributed by atoms with van der Waals surface area (Å²) in [5, 5.41) is 0. The van der Waals surface area contributed by atoms with E-state index in [4.69, 9.17) is 5.73 Å². The first-order valence-electron chi connectivity index (χ1n) is 7.73. The summed E-state index contributed by atoms with van der Waals surface area (Å²) in [6.07, 6.45) is 7.90. The molecule has 20 heavy (non-hydrogen) atoms. The molecule has 1 saturated carbocycles. The third-order valence-corrected chi connectivity index (χ3v) is 4.95. The maximum atomic E-state index is 13.9. The second-order valence-electron chi connectivity index (χ2n) is 6.31. The number of nitrogens with two attached hydrogens (primary N) is 1. The third kappa shape index (κ3) is 3.21. The maximum Gasteiger partial charge on any atom is 0.126 e. The van der Waals surface area contributed by atoms with Crippen molar-refractivity contribution in [3.05, 3.63) is 35.6 Å². The smallest absolute Gasteiger partial charge is 0.126 e. The SMILES string of the molecule is CN(C)C1(C(N)Cc2ccccc2F)CCCCCC1. The van der Waals surface area contributed by atoms with Gasteiger partial charge in [-0.2, -0.15) is 0 Å². The molecule has 0 spiro atoms. The Hall–Kier alpha value is -0.930. The Labute approximate surface area is 122 Å². The highest BCUT2D eigenvalue weighted by Gasteiger charge is 2.39. The first-order chi connectivity index (χ1) is 9.56. The Kier molecular flexibility index (Phi) is 5.17. The van der Waals surface area contributed by atoms with Crippen LogP contribution < -0.4 is 5.73 Å². The molecule has 112 valence electrons. The molecule has 0 aromatic heterocycles. The zero-order valence-corrected chi connectivity index (χ0v) is 12.7. The van der Waals surface area contributed by atoms with Crippen LogP contribution in [-0.2, 0) is 6.42 Å². The number of nitrogens with zero attached hydrogens (tertiary/aromatic N) is 1. The molecule has 2 rings (SSSR count). The Bertz CT molecular complexity index is 423. The van der Waals surface area contributed by atoms with Gasteiger partial charge in [-0.15, -0.1) is 0 Å². The molecule has 0 bridgehead atoms. The maximum absolute atomic E-state index is 13.9. The summed E-state index contributed by atoms with van der Waals surface area (Å²) in [6.45, 7) is 0.